The predicted octanol–water partition coefficient (Wildman–Crippen LogP) is 5.72. The Labute approximate surface area is 132 Å². The molecule has 94 valence electrons. The van der Waals surface area contributed by atoms with Crippen LogP contribution < -0.4 is 0 Å². The largest absolute Gasteiger partial charge is 0.257 e. The molecule has 0 spiro atoms. The van der Waals surface area contributed by atoms with Gasteiger partial charge in [-0.05, 0) is 36.8 Å². The minimum atomic E-state index is 0.145. The first-order valence-electron chi connectivity index (χ1n) is 5.55. The van der Waals surface area contributed by atoms with Gasteiger partial charge < -0.3 is 0 Å². The van der Waals surface area contributed by atoms with Crippen LogP contribution in [-0.4, -0.2) is 4.98 Å². The van der Waals surface area contributed by atoms with Crippen molar-refractivity contribution >= 4 is 47.8 Å². The molecule has 2 atom stereocenters. The van der Waals surface area contributed by atoms with Crippen LogP contribution >= 0.6 is 47.8 Å². The highest BCUT2D eigenvalue weighted by molar-refractivity contribution is 9.12. The molecule has 0 bridgehead atoms. The molecule has 18 heavy (non-hydrogen) atoms. The van der Waals surface area contributed by atoms with E-state index in [-0.39, 0.29) is 9.65 Å². The average molecular weight is 434 g/mol. The zero-order valence-electron chi connectivity index (χ0n) is 9.78. The smallest absolute Gasteiger partial charge is 0.0733 e. The van der Waals surface area contributed by atoms with E-state index in [4.69, 9.17) is 0 Å². The van der Waals surface area contributed by atoms with Crippen LogP contribution in [0.3, 0.4) is 0 Å². The molecule has 1 heterocycles. The van der Waals surface area contributed by atoms with E-state index >= 15 is 0 Å². The fourth-order valence-corrected chi connectivity index (χ4v) is 3.25. The maximum Gasteiger partial charge on any atom is 0.0733 e. The highest BCUT2D eigenvalue weighted by atomic mass is 79.9. The van der Waals surface area contributed by atoms with Gasteiger partial charge in [-0.3, -0.25) is 4.98 Å². The summed E-state index contributed by atoms with van der Waals surface area (Å²) < 4.78 is 1.08. The molecule has 1 nitrogen and oxygen atoms in total. The molecule has 0 N–H and O–H groups in total. The Bertz CT molecular complexity index is 493. The van der Waals surface area contributed by atoms with Gasteiger partial charge in [0.15, 0.2) is 0 Å². The maximum atomic E-state index is 4.55. The van der Waals surface area contributed by atoms with E-state index in [1.807, 2.05) is 37.3 Å². The van der Waals surface area contributed by atoms with Gasteiger partial charge in [0.2, 0.25) is 0 Å². The Morgan fingerprint density at radius 2 is 1.72 bits per heavy atom. The van der Waals surface area contributed by atoms with Crippen molar-refractivity contribution < 1.29 is 0 Å². The molecule has 2 unspecified atom stereocenters. The molecule has 0 aliphatic rings. The zero-order valence-corrected chi connectivity index (χ0v) is 14.5. The summed E-state index contributed by atoms with van der Waals surface area (Å²) in [6, 6.07) is 14.4. The Hall–Kier alpha value is -0.190. The molecular formula is C14H12Br3N. The SMILES string of the molecule is Cc1cccc(C(Br)C(Br)c2cccc(Br)c2)n1. The van der Waals surface area contributed by atoms with E-state index in [1.165, 1.54) is 5.56 Å². The average Bonchev–Trinajstić information content (AvgIpc) is 2.37. The lowest BCUT2D eigenvalue weighted by molar-refractivity contribution is 0.885. The fraction of sp³-hybridized carbons (Fsp3) is 0.214. The summed E-state index contributed by atoms with van der Waals surface area (Å²) in [4.78, 5) is 4.88. The van der Waals surface area contributed by atoms with Gasteiger partial charge in [0.1, 0.15) is 0 Å². The van der Waals surface area contributed by atoms with E-state index in [9.17, 15) is 0 Å². The summed E-state index contributed by atoms with van der Waals surface area (Å²) in [6.07, 6.45) is 0. The van der Waals surface area contributed by atoms with Crippen LogP contribution in [0.25, 0.3) is 0 Å². The lowest BCUT2D eigenvalue weighted by Gasteiger charge is -2.17. The molecule has 2 rings (SSSR count). The van der Waals surface area contributed by atoms with Crippen LogP contribution in [-0.2, 0) is 0 Å². The second-order valence-electron chi connectivity index (χ2n) is 4.06. The van der Waals surface area contributed by atoms with E-state index in [0.717, 1.165) is 15.9 Å². The number of rotatable bonds is 3. The van der Waals surface area contributed by atoms with Crippen molar-refractivity contribution in [3.63, 3.8) is 0 Å². The van der Waals surface area contributed by atoms with Crippen molar-refractivity contribution in [1.29, 1.82) is 0 Å². The molecule has 0 aliphatic heterocycles. The molecule has 0 aliphatic carbocycles. The third-order valence-corrected chi connectivity index (χ3v) is 5.87. The topological polar surface area (TPSA) is 12.9 Å². The summed E-state index contributed by atoms with van der Waals surface area (Å²) >= 11 is 11.0. The Morgan fingerprint density at radius 3 is 2.39 bits per heavy atom. The lowest BCUT2D eigenvalue weighted by Crippen LogP contribution is -2.02. The molecule has 1 aromatic heterocycles. The van der Waals surface area contributed by atoms with Crippen LogP contribution in [0.2, 0.25) is 0 Å². The zero-order chi connectivity index (χ0) is 13.1. The van der Waals surface area contributed by atoms with Gasteiger partial charge >= 0.3 is 0 Å². The highest BCUT2D eigenvalue weighted by Gasteiger charge is 2.21. The summed E-state index contributed by atoms with van der Waals surface area (Å²) in [6.45, 7) is 2.01. The Kier molecular flexibility index (Phi) is 4.98. The first-order valence-corrected chi connectivity index (χ1v) is 8.17. The van der Waals surface area contributed by atoms with Crippen molar-refractivity contribution in [2.45, 2.75) is 16.6 Å². The molecule has 0 radical (unpaired) electrons. The molecule has 1 aromatic carbocycles. The number of halogens is 3. The minimum absolute atomic E-state index is 0.145. The Balaban J connectivity index is 2.26. The summed E-state index contributed by atoms with van der Waals surface area (Å²) in [5.41, 5.74) is 3.29. The predicted molar refractivity (Wildman–Crippen MR) is 86.5 cm³/mol. The number of hydrogen-bond donors (Lipinski definition) is 0. The van der Waals surface area contributed by atoms with Crippen molar-refractivity contribution in [2.24, 2.45) is 0 Å². The third-order valence-electron chi connectivity index (χ3n) is 2.62. The monoisotopic (exact) mass is 431 g/mol. The van der Waals surface area contributed by atoms with E-state index in [0.29, 0.717) is 0 Å². The number of benzene rings is 1. The van der Waals surface area contributed by atoms with Crippen LogP contribution in [0.1, 0.15) is 26.6 Å². The summed E-state index contributed by atoms with van der Waals surface area (Å²) in [5, 5.41) is 0. The van der Waals surface area contributed by atoms with Crippen molar-refractivity contribution in [2.75, 3.05) is 0 Å². The quantitative estimate of drug-likeness (QED) is 0.564. The number of pyridine rings is 1. The van der Waals surface area contributed by atoms with Crippen molar-refractivity contribution in [1.82, 2.24) is 4.98 Å². The maximum absolute atomic E-state index is 4.55. The van der Waals surface area contributed by atoms with Crippen LogP contribution in [0.15, 0.2) is 46.9 Å². The van der Waals surface area contributed by atoms with Crippen molar-refractivity contribution in [3.05, 3.63) is 63.9 Å². The molecular weight excluding hydrogens is 422 g/mol. The second-order valence-corrected chi connectivity index (χ2v) is 6.95. The Morgan fingerprint density at radius 1 is 1.00 bits per heavy atom. The first-order chi connectivity index (χ1) is 8.58. The minimum Gasteiger partial charge on any atom is -0.257 e. The van der Waals surface area contributed by atoms with Gasteiger partial charge in [-0.25, -0.2) is 0 Å². The van der Waals surface area contributed by atoms with E-state index in [2.05, 4.69) is 64.9 Å². The van der Waals surface area contributed by atoms with E-state index < -0.39 is 0 Å². The van der Waals surface area contributed by atoms with Gasteiger partial charge in [-0.15, -0.1) is 0 Å². The van der Waals surface area contributed by atoms with Crippen LogP contribution in [0.4, 0.5) is 0 Å². The standard InChI is InChI=1S/C14H12Br3N/c1-9-4-2-7-12(18-9)14(17)13(16)10-5-3-6-11(15)8-10/h2-8,13-14H,1H3. The molecule has 0 saturated heterocycles. The third kappa shape index (κ3) is 3.43. The van der Waals surface area contributed by atoms with E-state index in [1.54, 1.807) is 0 Å². The lowest BCUT2D eigenvalue weighted by atomic mass is 10.1. The number of aromatic nitrogens is 1. The van der Waals surface area contributed by atoms with Gasteiger partial charge in [-0.2, -0.15) is 0 Å². The van der Waals surface area contributed by atoms with Gasteiger partial charge in [0, 0.05) is 10.2 Å². The number of aryl methyl sites for hydroxylation is 1. The van der Waals surface area contributed by atoms with Gasteiger partial charge in [-0.1, -0.05) is 66.0 Å². The molecule has 0 amide bonds. The number of nitrogens with zero attached hydrogens (tertiary/aromatic N) is 1. The fourth-order valence-electron chi connectivity index (χ4n) is 1.71. The number of hydrogen-bond acceptors (Lipinski definition) is 1. The van der Waals surface area contributed by atoms with Crippen LogP contribution in [0, 0.1) is 6.92 Å². The molecule has 0 fully saturated rings. The van der Waals surface area contributed by atoms with Crippen molar-refractivity contribution in [3.8, 4) is 0 Å². The molecule has 4 heteroatoms. The summed E-state index contributed by atoms with van der Waals surface area (Å²) in [5.74, 6) is 0. The highest BCUT2D eigenvalue weighted by Crippen LogP contribution is 2.41. The van der Waals surface area contributed by atoms with Crippen LogP contribution in [0.5, 0.6) is 0 Å². The van der Waals surface area contributed by atoms with Gasteiger partial charge in [0.05, 0.1) is 15.3 Å². The summed E-state index contributed by atoms with van der Waals surface area (Å²) in [7, 11) is 0. The molecule has 0 saturated carbocycles. The molecule has 2 aromatic rings. The number of alkyl halides is 2. The van der Waals surface area contributed by atoms with Gasteiger partial charge in [0.25, 0.3) is 0 Å². The second kappa shape index (κ2) is 6.31. The normalized spacial score (nSPS) is 14.2. The first kappa shape index (κ1) is 14.2.